The van der Waals surface area contributed by atoms with Gasteiger partial charge in [0.05, 0.1) is 0 Å². The Hall–Kier alpha value is -2.61. The van der Waals surface area contributed by atoms with Crippen molar-refractivity contribution in [1.82, 2.24) is 0 Å². The summed E-state index contributed by atoms with van der Waals surface area (Å²) < 4.78 is 0.750. The zero-order chi connectivity index (χ0) is 13.3. The van der Waals surface area contributed by atoms with E-state index in [2.05, 4.69) is 48.5 Å². The van der Waals surface area contributed by atoms with Crippen molar-refractivity contribution >= 4 is 0 Å². The Kier molecular flexibility index (Phi) is 4.71. The number of hydrogen-bond acceptors (Lipinski definition) is 1. The minimum absolute atomic E-state index is 0.750. The molecule has 2 nitrogen and oxygen atoms in total. The van der Waals surface area contributed by atoms with Crippen molar-refractivity contribution in [1.29, 1.82) is 0 Å². The topological polar surface area (TPSA) is 26.9 Å². The monoisotopic (exact) mass is 249 g/mol. The van der Waals surface area contributed by atoms with E-state index in [0.717, 1.165) is 4.73 Å². The molecule has 0 atom stereocenters. The first-order valence-electron chi connectivity index (χ1n) is 6.10. The van der Waals surface area contributed by atoms with Gasteiger partial charge in [0.2, 0.25) is 0 Å². The fourth-order valence-corrected chi connectivity index (χ4v) is 1.64. The van der Waals surface area contributed by atoms with Gasteiger partial charge in [-0.25, -0.2) is 0 Å². The predicted octanol–water partition coefficient (Wildman–Crippen LogP) is 3.67. The minimum Gasteiger partial charge on any atom is -0.619 e. The molecule has 0 saturated carbocycles. The molecule has 0 radical (unpaired) electrons. The van der Waals surface area contributed by atoms with E-state index in [1.54, 1.807) is 18.2 Å². The number of pyridine rings is 1. The van der Waals surface area contributed by atoms with Gasteiger partial charge in [0.25, 0.3) is 0 Å². The average Bonchev–Trinajstić information content (AvgIpc) is 2.51. The molecule has 19 heavy (non-hydrogen) atoms. The van der Waals surface area contributed by atoms with Crippen LogP contribution in [0.25, 0.3) is 11.1 Å². The van der Waals surface area contributed by atoms with Gasteiger partial charge in [0.1, 0.15) is 0 Å². The van der Waals surface area contributed by atoms with E-state index in [9.17, 15) is 5.21 Å². The summed E-state index contributed by atoms with van der Waals surface area (Å²) in [6.07, 6.45) is 2.89. The molecule has 94 valence electrons. The Morgan fingerprint density at radius 3 is 1.21 bits per heavy atom. The molecule has 0 aliphatic carbocycles. The third-order valence-electron chi connectivity index (χ3n) is 2.57. The molecule has 0 N–H and O–H groups in total. The molecule has 0 amide bonds. The summed E-state index contributed by atoms with van der Waals surface area (Å²) in [6, 6.07) is 26.0. The van der Waals surface area contributed by atoms with Crippen molar-refractivity contribution in [2.75, 3.05) is 0 Å². The highest BCUT2D eigenvalue weighted by molar-refractivity contribution is 5.62. The number of hydrogen-bond donors (Lipinski definition) is 0. The molecule has 3 rings (SSSR count). The second-order valence-electron chi connectivity index (χ2n) is 3.97. The van der Waals surface area contributed by atoms with Crippen LogP contribution in [0.4, 0.5) is 0 Å². The Labute approximate surface area is 113 Å². The van der Waals surface area contributed by atoms with Gasteiger partial charge in [-0.05, 0) is 11.1 Å². The normalized spacial score (nSPS) is 9.26. The molecular weight excluding hydrogens is 234 g/mol. The molecule has 3 aromatic rings. The third kappa shape index (κ3) is 4.28. The highest BCUT2D eigenvalue weighted by atomic mass is 16.5. The molecule has 0 spiro atoms. The summed E-state index contributed by atoms with van der Waals surface area (Å²) in [7, 11) is 0. The molecule has 0 fully saturated rings. The van der Waals surface area contributed by atoms with Crippen molar-refractivity contribution < 1.29 is 4.73 Å². The van der Waals surface area contributed by atoms with Crippen molar-refractivity contribution in [3.63, 3.8) is 0 Å². The average molecular weight is 249 g/mol. The van der Waals surface area contributed by atoms with E-state index in [1.165, 1.54) is 23.5 Å². The van der Waals surface area contributed by atoms with Gasteiger partial charge in [-0.1, -0.05) is 66.7 Å². The van der Waals surface area contributed by atoms with E-state index in [0.29, 0.717) is 0 Å². The Balaban J connectivity index is 0.000000163. The molecule has 0 unspecified atom stereocenters. The van der Waals surface area contributed by atoms with Crippen molar-refractivity contribution in [2.24, 2.45) is 0 Å². The molecule has 0 aliphatic rings. The van der Waals surface area contributed by atoms with Crippen LogP contribution in [0.15, 0.2) is 91.3 Å². The van der Waals surface area contributed by atoms with Crippen molar-refractivity contribution in [2.45, 2.75) is 0 Å². The molecular formula is C17H15NO. The summed E-state index contributed by atoms with van der Waals surface area (Å²) >= 11 is 0. The predicted molar refractivity (Wildman–Crippen MR) is 77.3 cm³/mol. The fraction of sp³-hybridized carbons (Fsp3) is 0. The summed E-state index contributed by atoms with van der Waals surface area (Å²) in [5.74, 6) is 0. The SMILES string of the molecule is [O-][n+]1ccccc1.c1ccc(-c2ccccc2)cc1. The van der Waals surface area contributed by atoms with E-state index in [4.69, 9.17) is 0 Å². The van der Waals surface area contributed by atoms with Gasteiger partial charge in [-0.15, -0.1) is 0 Å². The summed E-state index contributed by atoms with van der Waals surface area (Å²) in [5, 5.41) is 10.2. The van der Waals surface area contributed by atoms with Crippen LogP contribution in [0.3, 0.4) is 0 Å². The van der Waals surface area contributed by atoms with Crippen LogP contribution in [0, 0.1) is 5.21 Å². The maximum Gasteiger partial charge on any atom is 0.180 e. The van der Waals surface area contributed by atoms with Gasteiger partial charge >= 0.3 is 0 Å². The highest BCUT2D eigenvalue weighted by Crippen LogP contribution is 2.17. The quantitative estimate of drug-likeness (QED) is 0.477. The van der Waals surface area contributed by atoms with E-state index >= 15 is 0 Å². The van der Waals surface area contributed by atoms with Crippen LogP contribution >= 0.6 is 0 Å². The van der Waals surface area contributed by atoms with Gasteiger partial charge < -0.3 is 5.21 Å². The van der Waals surface area contributed by atoms with Gasteiger partial charge in [-0.2, -0.15) is 4.73 Å². The summed E-state index contributed by atoms with van der Waals surface area (Å²) in [6.45, 7) is 0. The lowest BCUT2D eigenvalue weighted by molar-refractivity contribution is -0.605. The number of aromatic nitrogens is 1. The van der Waals surface area contributed by atoms with Gasteiger partial charge in [0.15, 0.2) is 12.4 Å². The molecule has 0 aliphatic heterocycles. The first kappa shape index (κ1) is 12.8. The fourth-order valence-electron chi connectivity index (χ4n) is 1.64. The Morgan fingerprint density at radius 1 is 0.526 bits per heavy atom. The number of rotatable bonds is 1. The number of nitrogens with zero attached hydrogens (tertiary/aromatic N) is 1. The van der Waals surface area contributed by atoms with Gasteiger partial charge in [0, 0.05) is 12.1 Å². The first-order valence-corrected chi connectivity index (χ1v) is 6.10. The molecule has 1 aromatic heterocycles. The van der Waals surface area contributed by atoms with Crippen LogP contribution in [-0.2, 0) is 0 Å². The summed E-state index contributed by atoms with van der Waals surface area (Å²) in [4.78, 5) is 0. The second kappa shape index (κ2) is 6.97. The van der Waals surface area contributed by atoms with Crippen LogP contribution in [0.1, 0.15) is 0 Å². The Morgan fingerprint density at radius 2 is 0.895 bits per heavy atom. The lowest BCUT2D eigenvalue weighted by Gasteiger charge is -1.98. The molecule has 2 heteroatoms. The zero-order valence-corrected chi connectivity index (χ0v) is 10.5. The lowest BCUT2D eigenvalue weighted by atomic mass is 10.1. The molecule has 0 bridgehead atoms. The zero-order valence-electron chi connectivity index (χ0n) is 10.5. The standard InChI is InChI=1S/C12H10.C5H5NO/c1-3-7-11(8-4-1)12-9-5-2-6-10-12;7-6-4-2-1-3-5-6/h1-10H;1-5H. The minimum atomic E-state index is 0.750. The van der Waals surface area contributed by atoms with Crippen LogP contribution in [0.5, 0.6) is 0 Å². The first-order chi connectivity index (χ1) is 9.36. The van der Waals surface area contributed by atoms with E-state index in [-0.39, 0.29) is 0 Å². The highest BCUT2D eigenvalue weighted by Gasteiger charge is 1.91. The van der Waals surface area contributed by atoms with E-state index in [1.807, 2.05) is 12.1 Å². The Bertz CT molecular complexity index is 542. The van der Waals surface area contributed by atoms with Crippen molar-refractivity contribution in [3.8, 4) is 11.1 Å². The molecule has 1 heterocycles. The summed E-state index contributed by atoms with van der Waals surface area (Å²) in [5.41, 5.74) is 2.55. The van der Waals surface area contributed by atoms with Crippen LogP contribution < -0.4 is 4.73 Å². The van der Waals surface area contributed by atoms with Crippen LogP contribution in [-0.4, -0.2) is 0 Å². The second-order valence-corrected chi connectivity index (χ2v) is 3.97. The maximum absolute atomic E-state index is 10.2. The van der Waals surface area contributed by atoms with Gasteiger partial charge in [-0.3, -0.25) is 0 Å². The van der Waals surface area contributed by atoms with Crippen molar-refractivity contribution in [3.05, 3.63) is 96.5 Å². The number of benzene rings is 2. The smallest absolute Gasteiger partial charge is 0.180 e. The van der Waals surface area contributed by atoms with E-state index < -0.39 is 0 Å². The molecule has 2 aromatic carbocycles. The lowest BCUT2D eigenvalue weighted by Crippen LogP contribution is -2.22. The molecule has 0 saturated heterocycles. The largest absolute Gasteiger partial charge is 0.619 e. The third-order valence-corrected chi connectivity index (χ3v) is 2.57. The van der Waals surface area contributed by atoms with Crippen LogP contribution in [0.2, 0.25) is 0 Å². The maximum atomic E-state index is 10.2.